The molecule has 0 saturated heterocycles. The number of halogens is 2. The van der Waals surface area contributed by atoms with Crippen LogP contribution in [0.25, 0.3) is 0 Å². The summed E-state index contributed by atoms with van der Waals surface area (Å²) in [6.07, 6.45) is 1.35. The average Bonchev–Trinajstić information content (AvgIpc) is 3.31. The Hall–Kier alpha value is -4.15. The SMILES string of the molecule is Cc1ccccc1C(=O)Nc1nnc(CC(=O)N/N=C\c2ccccc2OCc2c(F)cccc2Cl)s1. The summed E-state index contributed by atoms with van der Waals surface area (Å²) < 4.78 is 19.7. The molecule has 0 bridgehead atoms. The largest absolute Gasteiger partial charge is 0.488 e. The van der Waals surface area contributed by atoms with Crippen molar-refractivity contribution >= 4 is 46.1 Å². The Bertz CT molecular complexity index is 1440. The van der Waals surface area contributed by atoms with E-state index >= 15 is 0 Å². The van der Waals surface area contributed by atoms with Crippen LogP contribution in [0.15, 0.2) is 71.8 Å². The number of ether oxygens (including phenoxy) is 1. The Morgan fingerprint density at radius 1 is 1.08 bits per heavy atom. The topological polar surface area (TPSA) is 106 Å². The van der Waals surface area contributed by atoms with Crippen molar-refractivity contribution in [2.75, 3.05) is 5.32 Å². The zero-order chi connectivity index (χ0) is 26.2. The van der Waals surface area contributed by atoms with Gasteiger partial charge in [0.15, 0.2) is 0 Å². The van der Waals surface area contributed by atoms with Gasteiger partial charge in [-0.1, -0.05) is 59.3 Å². The summed E-state index contributed by atoms with van der Waals surface area (Å²) in [5.41, 5.74) is 4.62. The van der Waals surface area contributed by atoms with Crippen molar-refractivity contribution in [2.24, 2.45) is 5.10 Å². The lowest BCUT2D eigenvalue weighted by atomic mass is 10.1. The first kappa shape index (κ1) is 25.9. The molecule has 0 unspecified atom stereocenters. The summed E-state index contributed by atoms with van der Waals surface area (Å²) in [5, 5.41) is 15.5. The van der Waals surface area contributed by atoms with E-state index in [2.05, 4.69) is 26.0 Å². The molecule has 0 fully saturated rings. The van der Waals surface area contributed by atoms with E-state index in [0.717, 1.165) is 16.9 Å². The van der Waals surface area contributed by atoms with Gasteiger partial charge in [-0.2, -0.15) is 5.10 Å². The van der Waals surface area contributed by atoms with E-state index in [9.17, 15) is 14.0 Å². The molecule has 0 radical (unpaired) electrons. The number of amides is 2. The van der Waals surface area contributed by atoms with Crippen LogP contribution < -0.4 is 15.5 Å². The van der Waals surface area contributed by atoms with Crippen molar-refractivity contribution in [2.45, 2.75) is 20.0 Å². The van der Waals surface area contributed by atoms with Crippen LogP contribution in [0.1, 0.15) is 32.1 Å². The van der Waals surface area contributed by atoms with Gasteiger partial charge in [0.25, 0.3) is 5.91 Å². The summed E-state index contributed by atoms with van der Waals surface area (Å²) in [5.74, 6) is -0.729. The number of hydrazone groups is 1. The van der Waals surface area contributed by atoms with Gasteiger partial charge in [-0.3, -0.25) is 14.9 Å². The molecule has 1 aromatic heterocycles. The van der Waals surface area contributed by atoms with E-state index in [1.54, 1.807) is 42.5 Å². The van der Waals surface area contributed by atoms with Crippen LogP contribution in [-0.2, 0) is 17.8 Å². The van der Waals surface area contributed by atoms with Crippen LogP contribution >= 0.6 is 22.9 Å². The minimum absolute atomic E-state index is 0.0670. The lowest BCUT2D eigenvalue weighted by Gasteiger charge is -2.10. The second kappa shape index (κ2) is 12.2. The number of aromatic nitrogens is 2. The summed E-state index contributed by atoms with van der Waals surface area (Å²) in [6, 6.07) is 18.6. The highest BCUT2D eigenvalue weighted by Crippen LogP contribution is 2.23. The fourth-order valence-electron chi connectivity index (χ4n) is 3.26. The van der Waals surface area contributed by atoms with Crippen LogP contribution in [0.5, 0.6) is 5.75 Å². The van der Waals surface area contributed by atoms with E-state index in [-0.39, 0.29) is 29.5 Å². The highest BCUT2D eigenvalue weighted by atomic mass is 35.5. The van der Waals surface area contributed by atoms with E-state index in [1.807, 2.05) is 19.1 Å². The van der Waals surface area contributed by atoms with Gasteiger partial charge in [0.05, 0.1) is 17.7 Å². The van der Waals surface area contributed by atoms with E-state index in [4.69, 9.17) is 16.3 Å². The van der Waals surface area contributed by atoms with Crippen molar-refractivity contribution in [3.8, 4) is 5.75 Å². The zero-order valence-corrected chi connectivity index (χ0v) is 21.1. The summed E-state index contributed by atoms with van der Waals surface area (Å²) in [4.78, 5) is 24.7. The normalized spacial score (nSPS) is 10.9. The second-order valence-corrected chi connectivity index (χ2v) is 9.24. The van der Waals surface area contributed by atoms with Crippen molar-refractivity contribution in [1.82, 2.24) is 15.6 Å². The van der Waals surface area contributed by atoms with Gasteiger partial charge in [0.1, 0.15) is 23.2 Å². The Kier molecular flexibility index (Phi) is 8.55. The van der Waals surface area contributed by atoms with E-state index in [1.165, 1.54) is 18.3 Å². The number of para-hydroxylation sites is 1. The molecule has 0 aliphatic rings. The fourth-order valence-corrected chi connectivity index (χ4v) is 4.21. The van der Waals surface area contributed by atoms with Crippen molar-refractivity contribution < 1.29 is 18.7 Å². The molecule has 2 amide bonds. The van der Waals surface area contributed by atoms with Crippen LogP contribution in [0.3, 0.4) is 0 Å². The van der Waals surface area contributed by atoms with Gasteiger partial charge >= 0.3 is 0 Å². The van der Waals surface area contributed by atoms with E-state index in [0.29, 0.717) is 27.0 Å². The highest BCUT2D eigenvalue weighted by Gasteiger charge is 2.14. The maximum atomic E-state index is 14.0. The van der Waals surface area contributed by atoms with Crippen LogP contribution in [-0.4, -0.2) is 28.2 Å². The van der Waals surface area contributed by atoms with Gasteiger partial charge in [0, 0.05) is 16.7 Å². The monoisotopic (exact) mass is 537 g/mol. The molecule has 0 aliphatic carbocycles. The van der Waals surface area contributed by atoms with E-state index < -0.39 is 11.7 Å². The number of hydrogen-bond donors (Lipinski definition) is 2. The molecule has 11 heteroatoms. The van der Waals surface area contributed by atoms with Gasteiger partial charge in [-0.25, -0.2) is 9.82 Å². The molecule has 0 atom stereocenters. The third-order valence-electron chi connectivity index (χ3n) is 5.13. The summed E-state index contributed by atoms with van der Waals surface area (Å²) in [7, 11) is 0. The minimum atomic E-state index is -0.458. The Morgan fingerprint density at radius 3 is 2.68 bits per heavy atom. The Labute approximate surface area is 221 Å². The molecule has 1 heterocycles. The Balaban J connectivity index is 1.31. The minimum Gasteiger partial charge on any atom is -0.488 e. The molecule has 0 saturated carbocycles. The Morgan fingerprint density at radius 2 is 1.86 bits per heavy atom. The number of nitrogens with zero attached hydrogens (tertiary/aromatic N) is 3. The molecule has 37 heavy (non-hydrogen) atoms. The number of benzene rings is 3. The molecule has 2 N–H and O–H groups in total. The third kappa shape index (κ3) is 6.96. The first-order valence-electron chi connectivity index (χ1n) is 11.1. The van der Waals surface area contributed by atoms with Gasteiger partial charge in [0.2, 0.25) is 11.0 Å². The third-order valence-corrected chi connectivity index (χ3v) is 6.33. The zero-order valence-electron chi connectivity index (χ0n) is 19.6. The number of aryl methyl sites for hydroxylation is 1. The first-order valence-corrected chi connectivity index (χ1v) is 12.3. The summed E-state index contributed by atoms with van der Waals surface area (Å²) >= 11 is 7.16. The molecule has 8 nitrogen and oxygen atoms in total. The van der Waals surface area contributed by atoms with Gasteiger partial charge < -0.3 is 4.74 Å². The van der Waals surface area contributed by atoms with Gasteiger partial charge in [-0.05, 0) is 42.8 Å². The lowest BCUT2D eigenvalue weighted by molar-refractivity contribution is -0.120. The van der Waals surface area contributed by atoms with Gasteiger partial charge in [-0.15, -0.1) is 10.2 Å². The van der Waals surface area contributed by atoms with Crippen LogP contribution in [0.4, 0.5) is 9.52 Å². The van der Waals surface area contributed by atoms with Crippen molar-refractivity contribution in [3.63, 3.8) is 0 Å². The molecular weight excluding hydrogens is 517 g/mol. The predicted molar refractivity (Wildman–Crippen MR) is 141 cm³/mol. The molecule has 4 rings (SSSR count). The molecule has 3 aromatic carbocycles. The number of nitrogens with one attached hydrogen (secondary N) is 2. The maximum absolute atomic E-state index is 14.0. The van der Waals surface area contributed by atoms with Crippen molar-refractivity contribution in [1.29, 1.82) is 0 Å². The molecule has 188 valence electrons. The number of rotatable bonds is 9. The standard InChI is InChI=1S/C26H21ClFN5O3S/c1-16-7-2-4-9-18(16)25(35)30-26-33-32-24(37-26)13-23(34)31-29-14-17-8-3-5-12-22(17)36-15-19-20(27)10-6-11-21(19)28/h2-12,14H,13,15H2,1H3,(H,31,34)(H,30,33,35)/b29-14-. The number of hydrogen-bond acceptors (Lipinski definition) is 7. The molecule has 0 aliphatic heterocycles. The number of carbonyl (C=O) groups is 2. The molecule has 0 spiro atoms. The molecular formula is C26H21ClFN5O3S. The predicted octanol–water partition coefficient (Wildman–Crippen LogP) is 5.16. The maximum Gasteiger partial charge on any atom is 0.257 e. The smallest absolute Gasteiger partial charge is 0.257 e. The first-order chi connectivity index (χ1) is 17.9. The average molecular weight is 538 g/mol. The van der Waals surface area contributed by atoms with Crippen LogP contribution in [0, 0.1) is 12.7 Å². The van der Waals surface area contributed by atoms with Crippen molar-refractivity contribution in [3.05, 3.63) is 105 Å². The second-order valence-electron chi connectivity index (χ2n) is 7.77. The number of carbonyl (C=O) groups excluding carboxylic acids is 2. The summed E-state index contributed by atoms with van der Waals surface area (Å²) in [6.45, 7) is 1.77. The lowest BCUT2D eigenvalue weighted by Crippen LogP contribution is -2.19. The molecule has 4 aromatic rings. The fraction of sp³-hybridized carbons (Fsp3) is 0.115. The van der Waals surface area contributed by atoms with Crippen LogP contribution in [0.2, 0.25) is 5.02 Å². The highest BCUT2D eigenvalue weighted by molar-refractivity contribution is 7.15. The number of anilines is 1. The quantitative estimate of drug-likeness (QED) is 0.226.